The van der Waals surface area contributed by atoms with E-state index in [4.69, 9.17) is 4.74 Å². The number of amides is 1. The number of thioether (sulfide) groups is 1. The van der Waals surface area contributed by atoms with Crippen molar-refractivity contribution in [1.29, 1.82) is 0 Å². The lowest BCUT2D eigenvalue weighted by Gasteiger charge is -2.28. The van der Waals surface area contributed by atoms with Gasteiger partial charge in [0.25, 0.3) is 0 Å². The summed E-state index contributed by atoms with van der Waals surface area (Å²) in [4.78, 5) is 13.0. The van der Waals surface area contributed by atoms with Crippen molar-refractivity contribution < 1.29 is 9.53 Å². The Labute approximate surface area is 124 Å². The molecule has 110 valence electrons. The van der Waals surface area contributed by atoms with Gasteiger partial charge in [0, 0.05) is 17.0 Å². The quantitative estimate of drug-likeness (QED) is 0.816. The number of ether oxygens (including phenoxy) is 1. The van der Waals surface area contributed by atoms with Gasteiger partial charge in [0.2, 0.25) is 5.91 Å². The molecule has 1 heterocycles. The lowest BCUT2D eigenvalue weighted by molar-refractivity contribution is -0.119. The molecule has 1 amide bonds. The Bertz CT molecular complexity index is 436. The summed E-state index contributed by atoms with van der Waals surface area (Å²) in [7, 11) is 1.65. The smallest absolute Gasteiger partial charge is 0.230 e. The van der Waals surface area contributed by atoms with Crippen molar-refractivity contribution >= 4 is 17.7 Å². The first-order valence-corrected chi connectivity index (χ1v) is 7.95. The molecule has 1 fully saturated rings. The maximum atomic E-state index is 11.9. The molecule has 0 aliphatic carbocycles. The van der Waals surface area contributed by atoms with Crippen LogP contribution in [0.15, 0.2) is 29.2 Å². The number of carbonyl (C=O) groups excluding carboxylic acids is 1. The molecule has 0 spiro atoms. The first kappa shape index (κ1) is 15.2. The van der Waals surface area contributed by atoms with Crippen LogP contribution < -0.4 is 15.4 Å². The van der Waals surface area contributed by atoms with Gasteiger partial charge >= 0.3 is 0 Å². The molecule has 1 aliphatic rings. The van der Waals surface area contributed by atoms with Crippen LogP contribution in [-0.2, 0) is 4.79 Å². The highest BCUT2D eigenvalue weighted by Crippen LogP contribution is 2.21. The molecular formula is C15H22N2O2S. The Morgan fingerprint density at radius 3 is 2.85 bits per heavy atom. The second-order valence-electron chi connectivity index (χ2n) is 5.11. The van der Waals surface area contributed by atoms with E-state index in [1.165, 1.54) is 0 Å². The summed E-state index contributed by atoms with van der Waals surface area (Å²) in [6.07, 6.45) is 2.03. The van der Waals surface area contributed by atoms with Crippen molar-refractivity contribution in [2.45, 2.75) is 36.7 Å². The van der Waals surface area contributed by atoms with Gasteiger partial charge in [0.05, 0.1) is 12.9 Å². The minimum absolute atomic E-state index is 0.116. The monoisotopic (exact) mass is 294 g/mol. The van der Waals surface area contributed by atoms with Crippen LogP contribution >= 0.6 is 11.8 Å². The molecule has 1 aliphatic heterocycles. The first-order chi connectivity index (χ1) is 9.67. The summed E-state index contributed by atoms with van der Waals surface area (Å²) >= 11 is 1.55. The van der Waals surface area contributed by atoms with Crippen molar-refractivity contribution in [1.82, 2.24) is 10.6 Å². The van der Waals surface area contributed by atoms with Gasteiger partial charge in [-0.2, -0.15) is 0 Å². The molecule has 1 saturated heterocycles. The lowest BCUT2D eigenvalue weighted by Crippen LogP contribution is -2.47. The molecule has 1 aromatic carbocycles. The molecule has 0 radical (unpaired) electrons. The average molecular weight is 294 g/mol. The number of hydrogen-bond acceptors (Lipinski definition) is 4. The minimum Gasteiger partial charge on any atom is -0.497 e. The number of hydrogen-bond donors (Lipinski definition) is 2. The lowest BCUT2D eigenvalue weighted by atomic mass is 10.0. The minimum atomic E-state index is 0.116. The molecular weight excluding hydrogens is 272 g/mol. The van der Waals surface area contributed by atoms with E-state index in [-0.39, 0.29) is 5.91 Å². The van der Waals surface area contributed by atoms with Crippen molar-refractivity contribution in [3.05, 3.63) is 24.3 Å². The van der Waals surface area contributed by atoms with E-state index in [9.17, 15) is 4.79 Å². The summed E-state index contributed by atoms with van der Waals surface area (Å²) in [5.74, 6) is 1.41. The Balaban J connectivity index is 1.73. The zero-order valence-electron chi connectivity index (χ0n) is 12.0. The summed E-state index contributed by atoms with van der Waals surface area (Å²) in [6.45, 7) is 3.14. The summed E-state index contributed by atoms with van der Waals surface area (Å²) < 4.78 is 5.11. The number of nitrogens with one attached hydrogen (secondary N) is 2. The highest BCUT2D eigenvalue weighted by molar-refractivity contribution is 8.00. The fourth-order valence-electron chi connectivity index (χ4n) is 2.35. The number of benzene rings is 1. The molecule has 20 heavy (non-hydrogen) atoms. The van der Waals surface area contributed by atoms with Gasteiger partial charge in [-0.15, -0.1) is 11.8 Å². The summed E-state index contributed by atoms with van der Waals surface area (Å²) in [5, 5.41) is 6.50. The molecule has 4 nitrogen and oxygen atoms in total. The van der Waals surface area contributed by atoms with Crippen LogP contribution in [0.2, 0.25) is 0 Å². The largest absolute Gasteiger partial charge is 0.497 e. The van der Waals surface area contributed by atoms with Gasteiger partial charge < -0.3 is 15.4 Å². The Morgan fingerprint density at radius 1 is 1.45 bits per heavy atom. The standard InChI is InChI=1S/C15H22N2O2S/c1-11-9-12(7-8-16-11)17-15(18)10-20-14-5-3-13(19-2)4-6-14/h3-6,11-12,16H,7-10H2,1-2H3,(H,17,18). The van der Waals surface area contributed by atoms with E-state index < -0.39 is 0 Å². The van der Waals surface area contributed by atoms with Gasteiger partial charge in [-0.25, -0.2) is 0 Å². The van der Waals surface area contributed by atoms with E-state index in [2.05, 4.69) is 17.6 Å². The van der Waals surface area contributed by atoms with Crippen LogP contribution in [0.4, 0.5) is 0 Å². The third-order valence-corrected chi connectivity index (χ3v) is 4.43. The molecule has 5 heteroatoms. The third-order valence-electron chi connectivity index (χ3n) is 3.42. The molecule has 2 atom stereocenters. The highest BCUT2D eigenvalue weighted by atomic mass is 32.2. The molecule has 0 aromatic heterocycles. The number of methoxy groups -OCH3 is 1. The molecule has 0 bridgehead atoms. The van der Waals surface area contributed by atoms with Crippen molar-refractivity contribution in [3.8, 4) is 5.75 Å². The maximum Gasteiger partial charge on any atom is 0.230 e. The summed E-state index contributed by atoms with van der Waals surface area (Å²) in [6, 6.07) is 8.58. The summed E-state index contributed by atoms with van der Waals surface area (Å²) in [5.41, 5.74) is 0. The van der Waals surface area contributed by atoms with E-state index in [1.54, 1.807) is 18.9 Å². The fraction of sp³-hybridized carbons (Fsp3) is 0.533. The molecule has 2 unspecified atom stereocenters. The third kappa shape index (κ3) is 4.72. The van der Waals surface area contributed by atoms with Crippen molar-refractivity contribution in [3.63, 3.8) is 0 Å². The predicted octanol–water partition coefficient (Wildman–Crippen LogP) is 2.04. The van der Waals surface area contributed by atoms with E-state index in [1.807, 2.05) is 24.3 Å². The SMILES string of the molecule is COc1ccc(SCC(=O)NC2CCNC(C)C2)cc1. The molecule has 1 aromatic rings. The van der Waals surface area contributed by atoms with E-state index in [0.717, 1.165) is 30.0 Å². The highest BCUT2D eigenvalue weighted by Gasteiger charge is 2.19. The second kappa shape index (κ2) is 7.55. The van der Waals surface area contributed by atoms with Gasteiger partial charge in [0.1, 0.15) is 5.75 Å². The van der Waals surface area contributed by atoms with Crippen LogP contribution in [0, 0.1) is 0 Å². The van der Waals surface area contributed by atoms with E-state index in [0.29, 0.717) is 17.8 Å². The van der Waals surface area contributed by atoms with Crippen LogP contribution in [0.5, 0.6) is 5.75 Å². The molecule has 2 N–H and O–H groups in total. The number of rotatable bonds is 5. The van der Waals surface area contributed by atoms with Crippen molar-refractivity contribution in [2.24, 2.45) is 0 Å². The average Bonchev–Trinajstić information content (AvgIpc) is 2.46. The Morgan fingerprint density at radius 2 is 2.20 bits per heavy atom. The second-order valence-corrected chi connectivity index (χ2v) is 6.16. The van der Waals surface area contributed by atoms with Crippen LogP contribution in [0.25, 0.3) is 0 Å². The van der Waals surface area contributed by atoms with Gasteiger partial charge in [0.15, 0.2) is 0 Å². The topological polar surface area (TPSA) is 50.4 Å². The number of carbonyl (C=O) groups is 1. The fourth-order valence-corrected chi connectivity index (χ4v) is 3.06. The van der Waals surface area contributed by atoms with Gasteiger partial charge in [-0.1, -0.05) is 0 Å². The Hall–Kier alpha value is -1.20. The normalized spacial score (nSPS) is 22.3. The van der Waals surface area contributed by atoms with Crippen LogP contribution in [-0.4, -0.2) is 37.4 Å². The van der Waals surface area contributed by atoms with E-state index >= 15 is 0 Å². The predicted molar refractivity (Wildman–Crippen MR) is 82.3 cm³/mol. The van der Waals surface area contributed by atoms with Crippen LogP contribution in [0.3, 0.4) is 0 Å². The molecule has 0 saturated carbocycles. The zero-order valence-corrected chi connectivity index (χ0v) is 12.8. The molecule has 2 rings (SSSR count). The zero-order chi connectivity index (χ0) is 14.4. The maximum absolute atomic E-state index is 11.9. The first-order valence-electron chi connectivity index (χ1n) is 6.97. The number of piperidine rings is 1. The van der Waals surface area contributed by atoms with Crippen molar-refractivity contribution in [2.75, 3.05) is 19.4 Å². The van der Waals surface area contributed by atoms with Gasteiger partial charge in [-0.3, -0.25) is 4.79 Å². The Kier molecular flexibility index (Phi) is 5.73. The van der Waals surface area contributed by atoms with Gasteiger partial charge in [-0.05, 0) is 50.6 Å². The van der Waals surface area contributed by atoms with Crippen LogP contribution in [0.1, 0.15) is 19.8 Å².